The second-order valence-electron chi connectivity index (χ2n) is 5.23. The summed E-state index contributed by atoms with van der Waals surface area (Å²) in [7, 11) is 0. The van der Waals surface area contributed by atoms with Gasteiger partial charge in [0.05, 0.1) is 6.04 Å². The molecule has 3 N–H and O–H groups in total. The highest BCUT2D eigenvalue weighted by atomic mass is 35.5. The van der Waals surface area contributed by atoms with Crippen LogP contribution in [0, 0.1) is 5.41 Å². The SMILES string of the molecule is CCCC(N)C(=O)N1CCC(CC)(CO)CC1.Cl. The Bertz CT molecular complexity index is 247. The standard InChI is InChI=1S/C13H26N2O2.ClH/c1-3-5-11(14)12(17)15-8-6-13(4-2,10-16)7-9-15;/h11,16H,3-10,14H2,1-2H3;1H. The first kappa shape index (κ1) is 17.7. The third-order valence-corrected chi connectivity index (χ3v) is 4.14. The molecule has 108 valence electrons. The average Bonchev–Trinajstić information content (AvgIpc) is 2.38. The molecule has 0 aromatic carbocycles. The predicted octanol–water partition coefficient (Wildman–Crippen LogP) is 1.55. The molecule has 1 saturated heterocycles. The monoisotopic (exact) mass is 278 g/mol. The van der Waals surface area contributed by atoms with Gasteiger partial charge in [-0.15, -0.1) is 12.4 Å². The van der Waals surface area contributed by atoms with Crippen LogP contribution in [-0.2, 0) is 4.79 Å². The van der Waals surface area contributed by atoms with Crippen molar-refractivity contribution in [1.29, 1.82) is 0 Å². The molecule has 0 radical (unpaired) electrons. The number of carbonyl (C=O) groups is 1. The summed E-state index contributed by atoms with van der Waals surface area (Å²) in [6.07, 6.45) is 4.46. The van der Waals surface area contributed by atoms with Crippen LogP contribution in [0.15, 0.2) is 0 Å². The maximum absolute atomic E-state index is 12.0. The fourth-order valence-corrected chi connectivity index (χ4v) is 2.49. The van der Waals surface area contributed by atoms with Gasteiger partial charge in [0.25, 0.3) is 0 Å². The number of rotatable bonds is 5. The Kier molecular flexibility index (Phi) is 7.83. The third-order valence-electron chi connectivity index (χ3n) is 4.14. The number of hydrogen-bond donors (Lipinski definition) is 2. The van der Waals surface area contributed by atoms with Crippen LogP contribution in [0.3, 0.4) is 0 Å². The molecule has 18 heavy (non-hydrogen) atoms. The lowest BCUT2D eigenvalue weighted by atomic mass is 9.77. The topological polar surface area (TPSA) is 66.6 Å². The van der Waals surface area contributed by atoms with Crippen LogP contribution in [0.5, 0.6) is 0 Å². The molecule has 0 bridgehead atoms. The number of halogens is 1. The highest BCUT2D eigenvalue weighted by Gasteiger charge is 2.34. The molecule has 1 aliphatic rings. The minimum atomic E-state index is -0.344. The first-order chi connectivity index (χ1) is 8.08. The zero-order valence-corrected chi connectivity index (χ0v) is 12.3. The van der Waals surface area contributed by atoms with Gasteiger partial charge in [0.2, 0.25) is 5.91 Å². The number of amides is 1. The second-order valence-corrected chi connectivity index (χ2v) is 5.23. The Morgan fingerprint density at radius 2 is 1.94 bits per heavy atom. The van der Waals surface area contributed by atoms with Crippen molar-refractivity contribution >= 4 is 18.3 Å². The first-order valence-corrected chi connectivity index (χ1v) is 6.74. The predicted molar refractivity (Wildman–Crippen MR) is 75.8 cm³/mol. The largest absolute Gasteiger partial charge is 0.396 e. The zero-order valence-electron chi connectivity index (χ0n) is 11.5. The van der Waals surface area contributed by atoms with Gasteiger partial charge in [-0.25, -0.2) is 0 Å². The molecule has 5 heteroatoms. The summed E-state index contributed by atoms with van der Waals surface area (Å²) in [6, 6.07) is -0.344. The summed E-state index contributed by atoms with van der Waals surface area (Å²) in [5, 5.41) is 9.43. The summed E-state index contributed by atoms with van der Waals surface area (Å²) in [4.78, 5) is 13.9. The number of carbonyl (C=O) groups excluding carboxylic acids is 1. The molecule has 0 spiro atoms. The molecule has 0 aromatic heterocycles. The number of likely N-dealkylation sites (tertiary alicyclic amines) is 1. The van der Waals surface area contributed by atoms with Crippen molar-refractivity contribution in [3.05, 3.63) is 0 Å². The number of piperidine rings is 1. The molecule has 1 rings (SSSR count). The van der Waals surface area contributed by atoms with Crippen molar-refractivity contribution in [2.75, 3.05) is 19.7 Å². The van der Waals surface area contributed by atoms with Gasteiger partial charge in [0, 0.05) is 19.7 Å². The maximum Gasteiger partial charge on any atom is 0.239 e. The van der Waals surface area contributed by atoms with Crippen LogP contribution < -0.4 is 5.73 Å². The molecule has 0 aromatic rings. The van der Waals surface area contributed by atoms with Crippen LogP contribution in [0.25, 0.3) is 0 Å². The summed E-state index contributed by atoms with van der Waals surface area (Å²) in [5.41, 5.74) is 5.88. The van der Waals surface area contributed by atoms with E-state index in [1.165, 1.54) is 0 Å². The van der Waals surface area contributed by atoms with Crippen LogP contribution in [0.4, 0.5) is 0 Å². The molecule has 0 saturated carbocycles. The molecule has 4 nitrogen and oxygen atoms in total. The number of aliphatic hydroxyl groups is 1. The molecular weight excluding hydrogens is 252 g/mol. The lowest BCUT2D eigenvalue weighted by molar-refractivity contribution is -0.135. The quantitative estimate of drug-likeness (QED) is 0.802. The van der Waals surface area contributed by atoms with Gasteiger partial charge < -0.3 is 15.7 Å². The van der Waals surface area contributed by atoms with Gasteiger partial charge in [0.1, 0.15) is 0 Å². The van der Waals surface area contributed by atoms with Gasteiger partial charge in [-0.05, 0) is 31.1 Å². The van der Waals surface area contributed by atoms with E-state index in [1.807, 2.05) is 11.8 Å². The van der Waals surface area contributed by atoms with E-state index in [1.54, 1.807) is 0 Å². The third kappa shape index (κ3) is 4.11. The van der Waals surface area contributed by atoms with Crippen molar-refractivity contribution in [2.24, 2.45) is 11.1 Å². The molecule has 1 amide bonds. The Morgan fingerprint density at radius 3 is 2.33 bits per heavy atom. The van der Waals surface area contributed by atoms with Crippen LogP contribution >= 0.6 is 12.4 Å². The van der Waals surface area contributed by atoms with Crippen LogP contribution in [0.2, 0.25) is 0 Å². The van der Waals surface area contributed by atoms with E-state index >= 15 is 0 Å². The first-order valence-electron chi connectivity index (χ1n) is 6.74. The number of nitrogens with two attached hydrogens (primary N) is 1. The highest BCUT2D eigenvalue weighted by molar-refractivity contribution is 5.85. The van der Waals surface area contributed by atoms with Crippen molar-refractivity contribution < 1.29 is 9.90 Å². The molecule has 1 unspecified atom stereocenters. The smallest absolute Gasteiger partial charge is 0.239 e. The summed E-state index contributed by atoms with van der Waals surface area (Å²) >= 11 is 0. The number of hydrogen-bond acceptors (Lipinski definition) is 3. The van der Waals surface area contributed by atoms with Gasteiger partial charge >= 0.3 is 0 Å². The normalized spacial score (nSPS) is 20.1. The van der Waals surface area contributed by atoms with E-state index in [0.717, 1.165) is 45.2 Å². The van der Waals surface area contributed by atoms with E-state index in [0.29, 0.717) is 0 Å². The van der Waals surface area contributed by atoms with Crippen molar-refractivity contribution in [2.45, 2.75) is 52.0 Å². The summed E-state index contributed by atoms with van der Waals surface area (Å²) < 4.78 is 0. The minimum Gasteiger partial charge on any atom is -0.396 e. The fourth-order valence-electron chi connectivity index (χ4n) is 2.49. The van der Waals surface area contributed by atoms with Gasteiger partial charge in [-0.3, -0.25) is 4.79 Å². The van der Waals surface area contributed by atoms with Crippen LogP contribution in [0.1, 0.15) is 46.0 Å². The van der Waals surface area contributed by atoms with Crippen molar-refractivity contribution in [3.63, 3.8) is 0 Å². The molecule has 0 aliphatic carbocycles. The van der Waals surface area contributed by atoms with E-state index in [4.69, 9.17) is 5.73 Å². The van der Waals surface area contributed by atoms with E-state index in [2.05, 4.69) is 6.92 Å². The van der Waals surface area contributed by atoms with E-state index in [9.17, 15) is 9.90 Å². The molecule has 1 aliphatic heterocycles. The lowest BCUT2D eigenvalue weighted by Gasteiger charge is -2.40. The minimum absolute atomic E-state index is 0. The zero-order chi connectivity index (χ0) is 12.9. The Labute approximate surface area is 116 Å². The summed E-state index contributed by atoms with van der Waals surface area (Å²) in [6.45, 7) is 5.86. The van der Waals surface area contributed by atoms with Gasteiger partial charge in [-0.2, -0.15) is 0 Å². The Morgan fingerprint density at radius 1 is 1.39 bits per heavy atom. The number of aliphatic hydroxyl groups excluding tert-OH is 1. The molecule has 1 fully saturated rings. The molecular formula is C13H27ClN2O2. The average molecular weight is 279 g/mol. The van der Waals surface area contributed by atoms with Crippen LogP contribution in [-0.4, -0.2) is 41.7 Å². The maximum atomic E-state index is 12.0. The number of nitrogens with zero attached hydrogens (tertiary/aromatic N) is 1. The highest BCUT2D eigenvalue weighted by Crippen LogP contribution is 2.34. The van der Waals surface area contributed by atoms with E-state index < -0.39 is 0 Å². The Hall–Kier alpha value is -0.320. The molecule has 1 heterocycles. The molecule has 1 atom stereocenters. The fraction of sp³-hybridized carbons (Fsp3) is 0.923. The van der Waals surface area contributed by atoms with Crippen molar-refractivity contribution in [3.8, 4) is 0 Å². The van der Waals surface area contributed by atoms with Crippen molar-refractivity contribution in [1.82, 2.24) is 4.90 Å². The summed E-state index contributed by atoms with van der Waals surface area (Å²) in [5.74, 6) is 0.0782. The second kappa shape index (κ2) is 7.97. The van der Waals surface area contributed by atoms with Gasteiger partial charge in [0.15, 0.2) is 0 Å². The van der Waals surface area contributed by atoms with Gasteiger partial charge in [-0.1, -0.05) is 20.3 Å². The Balaban J connectivity index is 0.00000289. The lowest BCUT2D eigenvalue weighted by Crippen LogP contribution is -2.50. The van der Waals surface area contributed by atoms with E-state index in [-0.39, 0.29) is 36.4 Å².